The van der Waals surface area contributed by atoms with E-state index in [4.69, 9.17) is 4.74 Å². The molecule has 2 amide bonds. The molecule has 0 radical (unpaired) electrons. The number of nitrogens with zero attached hydrogens (tertiary/aromatic N) is 1. The largest absolute Gasteiger partial charge is 0.497 e. The second-order valence-electron chi connectivity index (χ2n) is 7.80. The van der Waals surface area contributed by atoms with Gasteiger partial charge in [-0.3, -0.25) is 9.59 Å². The highest BCUT2D eigenvalue weighted by molar-refractivity contribution is 5.88. The van der Waals surface area contributed by atoms with Crippen molar-refractivity contribution in [3.63, 3.8) is 0 Å². The van der Waals surface area contributed by atoms with E-state index in [-0.39, 0.29) is 36.6 Å². The van der Waals surface area contributed by atoms with Gasteiger partial charge in [0.1, 0.15) is 17.6 Å². The summed E-state index contributed by atoms with van der Waals surface area (Å²) in [5.41, 5.74) is 1.20. The maximum absolute atomic E-state index is 14.3. The van der Waals surface area contributed by atoms with E-state index in [1.807, 2.05) is 12.1 Å². The van der Waals surface area contributed by atoms with E-state index in [0.717, 1.165) is 31.2 Å². The van der Waals surface area contributed by atoms with E-state index in [2.05, 4.69) is 5.32 Å². The summed E-state index contributed by atoms with van der Waals surface area (Å²) in [6.07, 6.45) is 4.26. The third-order valence-electron chi connectivity index (χ3n) is 5.68. The van der Waals surface area contributed by atoms with Gasteiger partial charge in [0.15, 0.2) is 0 Å². The molecule has 1 atom stereocenters. The molecule has 0 spiro atoms. The number of carbonyl (C=O) groups is 2. The Morgan fingerprint density at radius 1 is 1.13 bits per heavy atom. The van der Waals surface area contributed by atoms with Crippen LogP contribution in [-0.4, -0.2) is 35.9 Å². The molecule has 2 aromatic rings. The van der Waals surface area contributed by atoms with E-state index >= 15 is 0 Å². The summed E-state index contributed by atoms with van der Waals surface area (Å²) in [5, 5.41) is 3.05. The number of hydrogen-bond acceptors (Lipinski definition) is 3. The van der Waals surface area contributed by atoms with Gasteiger partial charge in [0, 0.05) is 18.2 Å². The molecule has 0 aromatic heterocycles. The molecule has 1 fully saturated rings. The molecule has 160 valence electrons. The monoisotopic (exact) mass is 412 g/mol. The molecule has 0 bridgehead atoms. The van der Waals surface area contributed by atoms with Crippen molar-refractivity contribution in [3.8, 4) is 5.75 Å². The number of ether oxygens (including phenoxy) is 1. The molecular formula is C24H29FN2O3. The van der Waals surface area contributed by atoms with Gasteiger partial charge >= 0.3 is 0 Å². The first-order valence-corrected chi connectivity index (χ1v) is 10.4. The Hall–Kier alpha value is -2.89. The van der Waals surface area contributed by atoms with Crippen molar-refractivity contribution in [2.45, 2.75) is 57.7 Å². The van der Waals surface area contributed by atoms with Crippen molar-refractivity contribution >= 4 is 11.8 Å². The van der Waals surface area contributed by atoms with Gasteiger partial charge in [-0.05, 0) is 43.5 Å². The fourth-order valence-electron chi connectivity index (χ4n) is 3.80. The molecular weight excluding hydrogens is 383 g/mol. The molecule has 5 nitrogen and oxygen atoms in total. The predicted octanol–water partition coefficient (Wildman–Crippen LogP) is 3.85. The van der Waals surface area contributed by atoms with Crippen LogP contribution in [0.1, 0.15) is 43.7 Å². The van der Waals surface area contributed by atoms with Gasteiger partial charge < -0.3 is 15.0 Å². The van der Waals surface area contributed by atoms with Crippen LogP contribution >= 0.6 is 0 Å². The standard InChI is InChI=1S/C24H29FN2O3/c1-17(24(29)26-20-8-4-5-9-20)27(16-19-7-3-6-10-22(19)25)23(28)15-18-11-13-21(30-2)14-12-18/h3,6-7,10-14,17,20H,4-5,8-9,15-16H2,1-2H3,(H,26,29)/t17-/m0/s1. The Kier molecular flexibility index (Phi) is 7.44. The number of rotatable bonds is 8. The molecule has 1 N–H and O–H groups in total. The summed E-state index contributed by atoms with van der Waals surface area (Å²) in [6, 6.07) is 13.0. The zero-order valence-electron chi connectivity index (χ0n) is 17.6. The van der Waals surface area contributed by atoms with Crippen molar-refractivity contribution in [3.05, 3.63) is 65.5 Å². The minimum absolute atomic E-state index is 0.0426. The number of benzene rings is 2. The van der Waals surface area contributed by atoms with Crippen LogP contribution < -0.4 is 10.1 Å². The fourth-order valence-corrected chi connectivity index (χ4v) is 3.80. The van der Waals surface area contributed by atoms with Crippen molar-refractivity contribution in [2.24, 2.45) is 0 Å². The van der Waals surface area contributed by atoms with Crippen LogP contribution in [0.25, 0.3) is 0 Å². The number of amides is 2. The van der Waals surface area contributed by atoms with Crippen LogP contribution in [0.15, 0.2) is 48.5 Å². The molecule has 1 aliphatic carbocycles. The third kappa shape index (κ3) is 5.59. The number of carbonyl (C=O) groups excluding carboxylic acids is 2. The Morgan fingerprint density at radius 3 is 2.43 bits per heavy atom. The zero-order valence-corrected chi connectivity index (χ0v) is 17.6. The summed E-state index contributed by atoms with van der Waals surface area (Å²) in [5.74, 6) is -0.0966. The average molecular weight is 413 g/mol. The minimum atomic E-state index is -0.698. The second kappa shape index (κ2) is 10.2. The van der Waals surface area contributed by atoms with Gasteiger partial charge in [0.05, 0.1) is 13.5 Å². The van der Waals surface area contributed by atoms with Crippen LogP contribution in [0.3, 0.4) is 0 Å². The van der Waals surface area contributed by atoms with Gasteiger partial charge in [0.2, 0.25) is 11.8 Å². The lowest BCUT2D eigenvalue weighted by Gasteiger charge is -2.30. The molecule has 30 heavy (non-hydrogen) atoms. The number of nitrogens with one attached hydrogen (secondary N) is 1. The first kappa shape index (κ1) is 21.8. The van der Waals surface area contributed by atoms with Crippen molar-refractivity contribution in [2.75, 3.05) is 7.11 Å². The lowest BCUT2D eigenvalue weighted by molar-refractivity contribution is -0.140. The van der Waals surface area contributed by atoms with Crippen molar-refractivity contribution < 1.29 is 18.7 Å². The molecule has 0 aliphatic heterocycles. The quantitative estimate of drug-likeness (QED) is 0.716. The molecule has 6 heteroatoms. The highest BCUT2D eigenvalue weighted by Crippen LogP contribution is 2.20. The maximum atomic E-state index is 14.3. The van der Waals surface area contributed by atoms with E-state index < -0.39 is 6.04 Å². The SMILES string of the molecule is COc1ccc(CC(=O)N(Cc2ccccc2F)[C@@H](C)C(=O)NC2CCCC2)cc1. The lowest BCUT2D eigenvalue weighted by Crippen LogP contribution is -2.50. The number of hydrogen-bond donors (Lipinski definition) is 1. The van der Waals surface area contributed by atoms with E-state index in [9.17, 15) is 14.0 Å². The van der Waals surface area contributed by atoms with Crippen LogP contribution in [0.2, 0.25) is 0 Å². The topological polar surface area (TPSA) is 58.6 Å². The highest BCUT2D eigenvalue weighted by Gasteiger charge is 2.29. The smallest absolute Gasteiger partial charge is 0.242 e. The Bertz CT molecular complexity index is 863. The fraction of sp³-hybridized carbons (Fsp3) is 0.417. The average Bonchev–Trinajstić information content (AvgIpc) is 3.26. The predicted molar refractivity (Wildman–Crippen MR) is 114 cm³/mol. The van der Waals surface area contributed by atoms with Gasteiger partial charge in [0.25, 0.3) is 0 Å². The van der Waals surface area contributed by atoms with Crippen molar-refractivity contribution in [1.82, 2.24) is 10.2 Å². The molecule has 1 aliphatic rings. The Balaban J connectivity index is 1.77. The highest BCUT2D eigenvalue weighted by atomic mass is 19.1. The zero-order chi connectivity index (χ0) is 21.5. The maximum Gasteiger partial charge on any atom is 0.242 e. The molecule has 3 rings (SSSR count). The van der Waals surface area contributed by atoms with E-state index in [1.54, 1.807) is 44.4 Å². The molecule has 0 heterocycles. The molecule has 0 unspecified atom stereocenters. The molecule has 1 saturated carbocycles. The third-order valence-corrected chi connectivity index (χ3v) is 5.68. The lowest BCUT2D eigenvalue weighted by atomic mass is 10.1. The summed E-state index contributed by atoms with van der Waals surface area (Å²) in [4.78, 5) is 27.5. The van der Waals surface area contributed by atoms with Gasteiger partial charge in [-0.15, -0.1) is 0 Å². The first-order valence-electron chi connectivity index (χ1n) is 10.4. The van der Waals surface area contributed by atoms with Gasteiger partial charge in [-0.25, -0.2) is 4.39 Å². The van der Waals surface area contributed by atoms with E-state index in [0.29, 0.717) is 11.3 Å². The van der Waals surface area contributed by atoms with Gasteiger partial charge in [-0.1, -0.05) is 43.2 Å². The van der Waals surface area contributed by atoms with Crippen LogP contribution in [-0.2, 0) is 22.6 Å². The summed E-state index contributed by atoms with van der Waals surface area (Å²) in [6.45, 7) is 1.75. The summed E-state index contributed by atoms with van der Waals surface area (Å²) < 4.78 is 19.4. The minimum Gasteiger partial charge on any atom is -0.497 e. The van der Waals surface area contributed by atoms with E-state index in [1.165, 1.54) is 11.0 Å². The van der Waals surface area contributed by atoms with Crippen LogP contribution in [0, 0.1) is 5.82 Å². The first-order chi connectivity index (χ1) is 14.5. The molecule has 2 aromatic carbocycles. The normalized spacial score (nSPS) is 14.9. The number of halogens is 1. The van der Waals surface area contributed by atoms with Crippen LogP contribution in [0.5, 0.6) is 5.75 Å². The Labute approximate surface area is 177 Å². The molecule has 0 saturated heterocycles. The second-order valence-corrected chi connectivity index (χ2v) is 7.80. The number of methoxy groups -OCH3 is 1. The van der Waals surface area contributed by atoms with Crippen molar-refractivity contribution in [1.29, 1.82) is 0 Å². The Morgan fingerprint density at radius 2 is 1.80 bits per heavy atom. The summed E-state index contributed by atoms with van der Waals surface area (Å²) >= 11 is 0. The van der Waals surface area contributed by atoms with Gasteiger partial charge in [-0.2, -0.15) is 0 Å². The summed E-state index contributed by atoms with van der Waals surface area (Å²) in [7, 11) is 1.58. The van der Waals surface area contributed by atoms with Crippen LogP contribution in [0.4, 0.5) is 4.39 Å².